The fraction of sp³-hybridized carbons (Fsp3) is 0.471. The summed E-state index contributed by atoms with van der Waals surface area (Å²) < 4.78 is 27.7. The molecule has 4 rings (SSSR count). The summed E-state index contributed by atoms with van der Waals surface area (Å²) in [6.45, 7) is 9.67. The lowest BCUT2D eigenvalue weighted by Crippen LogP contribution is -2.51. The minimum absolute atomic E-state index is 0.00699. The van der Waals surface area contributed by atoms with Gasteiger partial charge in [-0.3, -0.25) is 9.59 Å². The molecule has 42 heavy (non-hydrogen) atoms. The number of hydrogen-bond acceptors (Lipinski definition) is 4. The van der Waals surface area contributed by atoms with Gasteiger partial charge in [0.25, 0.3) is 5.91 Å². The normalized spacial score (nSPS) is 14.6. The van der Waals surface area contributed by atoms with Gasteiger partial charge in [0.15, 0.2) is 0 Å². The van der Waals surface area contributed by atoms with Gasteiger partial charge in [-0.15, -0.1) is 0 Å². The molecular weight excluding hydrogens is 546 g/mol. The largest absolute Gasteiger partial charge is 0.338 e. The van der Waals surface area contributed by atoms with Crippen molar-refractivity contribution in [2.75, 3.05) is 31.9 Å². The Morgan fingerprint density at radius 3 is 2.31 bits per heavy atom. The van der Waals surface area contributed by atoms with Crippen LogP contribution in [0.25, 0.3) is 10.8 Å². The third-order valence-electron chi connectivity index (χ3n) is 8.26. The van der Waals surface area contributed by atoms with E-state index in [1.165, 1.54) is 4.31 Å². The average Bonchev–Trinajstić information content (AvgIpc) is 2.98. The van der Waals surface area contributed by atoms with Crippen LogP contribution < -0.4 is 0 Å². The van der Waals surface area contributed by atoms with Gasteiger partial charge in [-0.25, -0.2) is 8.42 Å². The van der Waals surface area contributed by atoms with E-state index in [4.69, 9.17) is 0 Å². The Hall–Kier alpha value is -3.23. The van der Waals surface area contributed by atoms with Crippen molar-refractivity contribution in [1.82, 2.24) is 14.1 Å². The Morgan fingerprint density at radius 2 is 1.62 bits per heavy atom. The van der Waals surface area contributed by atoms with E-state index in [2.05, 4.69) is 13.8 Å². The molecule has 2 amide bonds. The number of nitrogens with zero attached hydrogens (tertiary/aromatic N) is 3. The van der Waals surface area contributed by atoms with Gasteiger partial charge in [-0.2, -0.15) is 4.31 Å². The Balaban J connectivity index is 1.54. The molecule has 1 aliphatic rings. The molecule has 1 saturated heterocycles. The number of carbonyl (C=O) groups excluding carboxylic acids is 2. The SMILES string of the molecule is CCCS(=O)(=O)N(CCC(C)C)CC(=O)N(Cc1ccccc1C)C1CCN(C(=O)c2cccc3ccccc23)CC1. The van der Waals surface area contributed by atoms with Crippen molar-refractivity contribution >= 4 is 32.6 Å². The Labute approximate surface area is 251 Å². The van der Waals surface area contributed by atoms with Crippen molar-refractivity contribution in [3.8, 4) is 0 Å². The Bertz CT molecular complexity index is 1470. The summed E-state index contributed by atoms with van der Waals surface area (Å²) in [5.41, 5.74) is 2.83. The van der Waals surface area contributed by atoms with Crippen LogP contribution in [0, 0.1) is 12.8 Å². The minimum atomic E-state index is -3.54. The van der Waals surface area contributed by atoms with Gasteiger partial charge < -0.3 is 9.80 Å². The third kappa shape index (κ3) is 7.78. The van der Waals surface area contributed by atoms with Gasteiger partial charge in [-0.05, 0) is 66.5 Å². The van der Waals surface area contributed by atoms with Crippen molar-refractivity contribution < 1.29 is 18.0 Å². The summed E-state index contributed by atoms with van der Waals surface area (Å²) in [6.07, 6.45) is 2.48. The number of hydrogen-bond donors (Lipinski definition) is 0. The van der Waals surface area contributed by atoms with Crippen molar-refractivity contribution in [3.05, 3.63) is 83.4 Å². The molecule has 1 heterocycles. The second kappa shape index (κ2) is 14.3. The zero-order chi connectivity index (χ0) is 30.3. The number of fused-ring (bicyclic) bond motifs is 1. The number of rotatable bonds is 12. The van der Waals surface area contributed by atoms with Crippen LogP contribution in [0.1, 0.15) is 67.9 Å². The number of amides is 2. The maximum atomic E-state index is 14.0. The summed E-state index contributed by atoms with van der Waals surface area (Å²) >= 11 is 0. The third-order valence-corrected chi connectivity index (χ3v) is 10.3. The second-order valence-corrected chi connectivity index (χ2v) is 13.9. The van der Waals surface area contributed by atoms with Crippen molar-refractivity contribution in [2.45, 2.75) is 66.0 Å². The molecular formula is C34H45N3O4S. The first-order chi connectivity index (χ1) is 20.1. The van der Waals surface area contributed by atoms with E-state index < -0.39 is 10.0 Å². The molecule has 1 fully saturated rings. The summed E-state index contributed by atoms with van der Waals surface area (Å²) in [4.78, 5) is 31.3. The van der Waals surface area contributed by atoms with Crippen LogP contribution in [-0.4, -0.2) is 72.3 Å². The predicted octanol–water partition coefficient (Wildman–Crippen LogP) is 5.87. The zero-order valence-electron chi connectivity index (χ0n) is 25.5. The van der Waals surface area contributed by atoms with E-state index in [0.717, 1.165) is 21.9 Å². The predicted molar refractivity (Wildman–Crippen MR) is 170 cm³/mol. The molecule has 0 radical (unpaired) electrons. The molecule has 3 aromatic rings. The monoisotopic (exact) mass is 591 g/mol. The maximum absolute atomic E-state index is 14.0. The number of likely N-dealkylation sites (tertiary alicyclic amines) is 1. The second-order valence-electron chi connectivity index (χ2n) is 11.8. The highest BCUT2D eigenvalue weighted by Crippen LogP contribution is 2.25. The molecule has 7 nitrogen and oxygen atoms in total. The Morgan fingerprint density at radius 1 is 0.952 bits per heavy atom. The fourth-order valence-electron chi connectivity index (χ4n) is 5.70. The molecule has 0 aromatic heterocycles. The lowest BCUT2D eigenvalue weighted by Gasteiger charge is -2.39. The molecule has 8 heteroatoms. The molecule has 3 aromatic carbocycles. The molecule has 0 unspecified atom stereocenters. The number of piperidine rings is 1. The number of sulfonamides is 1. The van der Waals surface area contributed by atoms with Crippen LogP contribution in [0.5, 0.6) is 0 Å². The van der Waals surface area contributed by atoms with Crippen molar-refractivity contribution in [3.63, 3.8) is 0 Å². The van der Waals surface area contributed by atoms with E-state index >= 15 is 0 Å². The summed E-state index contributed by atoms with van der Waals surface area (Å²) in [6, 6.07) is 21.6. The highest BCUT2D eigenvalue weighted by Gasteiger charge is 2.33. The molecule has 0 saturated carbocycles. The first-order valence-electron chi connectivity index (χ1n) is 15.2. The highest BCUT2D eigenvalue weighted by atomic mass is 32.2. The Kier molecular flexibility index (Phi) is 10.8. The molecule has 0 atom stereocenters. The first-order valence-corrected chi connectivity index (χ1v) is 16.8. The first kappa shape index (κ1) is 31.7. The van der Waals surface area contributed by atoms with Gasteiger partial charge in [0.05, 0.1) is 12.3 Å². The quantitative estimate of drug-likeness (QED) is 0.264. The van der Waals surface area contributed by atoms with Crippen molar-refractivity contribution in [1.29, 1.82) is 0 Å². The van der Waals surface area contributed by atoms with E-state index in [-0.39, 0.29) is 30.2 Å². The maximum Gasteiger partial charge on any atom is 0.254 e. The molecule has 0 N–H and O–H groups in total. The van der Waals surface area contributed by atoms with Crippen LogP contribution in [-0.2, 0) is 21.4 Å². The van der Waals surface area contributed by atoms with E-state index in [0.29, 0.717) is 63.3 Å². The lowest BCUT2D eigenvalue weighted by atomic mass is 9.98. The smallest absolute Gasteiger partial charge is 0.254 e. The average molecular weight is 592 g/mol. The number of carbonyl (C=O) groups is 2. The zero-order valence-corrected chi connectivity index (χ0v) is 26.3. The van der Waals surface area contributed by atoms with Gasteiger partial charge in [-0.1, -0.05) is 81.4 Å². The van der Waals surface area contributed by atoms with Gasteiger partial charge in [0.2, 0.25) is 15.9 Å². The lowest BCUT2D eigenvalue weighted by molar-refractivity contribution is -0.135. The van der Waals surface area contributed by atoms with Crippen molar-refractivity contribution in [2.24, 2.45) is 5.92 Å². The van der Waals surface area contributed by atoms with Crippen LogP contribution in [0.2, 0.25) is 0 Å². The summed E-state index contributed by atoms with van der Waals surface area (Å²) in [5, 5.41) is 1.98. The fourth-order valence-corrected chi connectivity index (χ4v) is 7.17. The van der Waals surface area contributed by atoms with E-state index in [1.54, 1.807) is 0 Å². The summed E-state index contributed by atoms with van der Waals surface area (Å²) in [7, 11) is -3.54. The highest BCUT2D eigenvalue weighted by molar-refractivity contribution is 7.89. The van der Waals surface area contributed by atoms with E-state index in [9.17, 15) is 18.0 Å². The van der Waals surface area contributed by atoms with Gasteiger partial charge in [0, 0.05) is 37.8 Å². The van der Waals surface area contributed by atoms with Crippen LogP contribution >= 0.6 is 0 Å². The molecule has 226 valence electrons. The molecule has 0 bridgehead atoms. The summed E-state index contributed by atoms with van der Waals surface area (Å²) in [5.74, 6) is 0.185. The molecule has 0 spiro atoms. The van der Waals surface area contributed by atoms with Gasteiger partial charge in [0.1, 0.15) is 0 Å². The van der Waals surface area contributed by atoms with Crippen LogP contribution in [0.4, 0.5) is 0 Å². The number of aryl methyl sites for hydroxylation is 1. The standard InChI is InChI=1S/C34H45N3O4S/c1-5-23-42(40,41)36(22-17-26(2)3)25-33(38)37(24-29-13-7-6-11-27(29)4)30-18-20-35(21-19-30)34(39)32-16-10-14-28-12-8-9-15-31(28)32/h6-16,26,30H,5,17-25H2,1-4H3. The topological polar surface area (TPSA) is 78.0 Å². The number of benzene rings is 3. The minimum Gasteiger partial charge on any atom is -0.338 e. The van der Waals surface area contributed by atoms with Gasteiger partial charge >= 0.3 is 0 Å². The van der Waals surface area contributed by atoms with Crippen LogP contribution in [0.3, 0.4) is 0 Å². The van der Waals surface area contributed by atoms with Crippen LogP contribution in [0.15, 0.2) is 66.7 Å². The molecule has 1 aliphatic heterocycles. The van der Waals surface area contributed by atoms with E-state index in [1.807, 2.05) is 90.4 Å². The molecule has 0 aliphatic carbocycles.